The van der Waals surface area contributed by atoms with Crippen molar-refractivity contribution in [2.45, 2.75) is 13.8 Å². The molecule has 0 saturated carbocycles. The largest absolute Gasteiger partial charge is 0.338 e. The Morgan fingerprint density at radius 2 is 1.94 bits per heavy atom. The molecule has 5 nitrogen and oxygen atoms in total. The van der Waals surface area contributed by atoms with Crippen LogP contribution in [0.5, 0.6) is 0 Å². The molecule has 2 saturated heterocycles. The third-order valence-corrected chi connectivity index (χ3v) is 4.01. The number of carbonyl (C=O) groups excluding carboxylic acids is 1. The van der Waals surface area contributed by atoms with Gasteiger partial charge in [0.05, 0.1) is 17.0 Å². The van der Waals surface area contributed by atoms with E-state index in [1.165, 1.54) is 0 Å². The number of rotatable bonds is 1. The summed E-state index contributed by atoms with van der Waals surface area (Å²) in [6.07, 6.45) is 0. The second kappa shape index (κ2) is 4.31. The number of fused-ring (bicyclic) bond motifs is 1. The van der Waals surface area contributed by atoms with E-state index < -0.39 is 0 Å². The summed E-state index contributed by atoms with van der Waals surface area (Å²) in [6.45, 7) is 7.54. The molecule has 2 atom stereocenters. The van der Waals surface area contributed by atoms with Crippen LogP contribution in [0.25, 0.3) is 0 Å². The van der Waals surface area contributed by atoms with Gasteiger partial charge in [0, 0.05) is 26.2 Å². The summed E-state index contributed by atoms with van der Waals surface area (Å²) in [6, 6.07) is 1.84. The van der Waals surface area contributed by atoms with Gasteiger partial charge in [-0.3, -0.25) is 4.79 Å². The number of hydrogen-bond acceptors (Lipinski definition) is 4. The van der Waals surface area contributed by atoms with Crippen LogP contribution >= 0.6 is 0 Å². The van der Waals surface area contributed by atoms with E-state index in [0.717, 1.165) is 37.6 Å². The fourth-order valence-corrected chi connectivity index (χ4v) is 2.96. The first-order chi connectivity index (χ1) is 8.65. The lowest BCUT2D eigenvalue weighted by atomic mass is 10.0. The molecule has 2 aliphatic rings. The van der Waals surface area contributed by atoms with E-state index in [2.05, 4.69) is 15.5 Å². The quantitative estimate of drug-likeness (QED) is 0.778. The maximum absolute atomic E-state index is 12.5. The van der Waals surface area contributed by atoms with Crippen LogP contribution < -0.4 is 5.32 Å². The molecule has 0 spiro atoms. The van der Waals surface area contributed by atoms with Crippen molar-refractivity contribution in [2.24, 2.45) is 11.8 Å². The number of aryl methyl sites for hydroxylation is 2. The second-order valence-electron chi connectivity index (χ2n) is 5.37. The SMILES string of the molecule is Cc1cc(C(=O)N2CC3CNCC3C2)c(C)nn1. The summed E-state index contributed by atoms with van der Waals surface area (Å²) >= 11 is 0. The van der Waals surface area contributed by atoms with Gasteiger partial charge in [-0.05, 0) is 31.7 Å². The Bertz CT molecular complexity index is 476. The second-order valence-corrected chi connectivity index (χ2v) is 5.37. The molecular formula is C13H18N4O. The molecule has 1 aromatic rings. The minimum absolute atomic E-state index is 0.111. The molecule has 3 rings (SSSR count). The van der Waals surface area contributed by atoms with Crippen molar-refractivity contribution < 1.29 is 4.79 Å². The zero-order chi connectivity index (χ0) is 12.7. The minimum Gasteiger partial charge on any atom is -0.338 e. The number of nitrogens with one attached hydrogen (secondary N) is 1. The normalized spacial score (nSPS) is 26.4. The first-order valence-corrected chi connectivity index (χ1v) is 6.46. The van der Waals surface area contributed by atoms with E-state index in [0.29, 0.717) is 17.4 Å². The Kier molecular flexibility index (Phi) is 2.78. The van der Waals surface area contributed by atoms with E-state index in [1.807, 2.05) is 24.8 Å². The predicted octanol–water partition coefficient (Wildman–Crippen LogP) is 0.385. The molecule has 5 heteroatoms. The predicted molar refractivity (Wildman–Crippen MR) is 67.3 cm³/mol. The number of hydrogen-bond donors (Lipinski definition) is 1. The van der Waals surface area contributed by atoms with Crippen molar-refractivity contribution in [1.29, 1.82) is 0 Å². The van der Waals surface area contributed by atoms with Gasteiger partial charge in [-0.2, -0.15) is 10.2 Å². The van der Waals surface area contributed by atoms with Crippen LogP contribution in [0.2, 0.25) is 0 Å². The van der Waals surface area contributed by atoms with Crippen molar-refractivity contribution >= 4 is 5.91 Å². The highest BCUT2D eigenvalue weighted by Gasteiger charge is 2.38. The molecule has 0 aliphatic carbocycles. The standard InChI is InChI=1S/C13H18N4O/c1-8-3-12(9(2)16-15-8)13(18)17-6-10-4-14-5-11(10)7-17/h3,10-11,14H,4-7H2,1-2H3. The molecule has 0 radical (unpaired) electrons. The summed E-state index contributed by atoms with van der Waals surface area (Å²) in [4.78, 5) is 14.5. The number of nitrogens with zero attached hydrogens (tertiary/aromatic N) is 3. The molecule has 2 fully saturated rings. The van der Waals surface area contributed by atoms with Gasteiger partial charge in [0.15, 0.2) is 0 Å². The number of likely N-dealkylation sites (tertiary alicyclic amines) is 1. The molecule has 1 aromatic heterocycles. The summed E-state index contributed by atoms with van der Waals surface area (Å²) < 4.78 is 0. The highest BCUT2D eigenvalue weighted by Crippen LogP contribution is 2.27. The lowest BCUT2D eigenvalue weighted by Gasteiger charge is -2.18. The molecule has 2 unspecified atom stereocenters. The first kappa shape index (κ1) is 11.6. The number of amides is 1. The summed E-state index contributed by atoms with van der Waals surface area (Å²) in [5, 5.41) is 11.4. The van der Waals surface area contributed by atoms with Crippen molar-refractivity contribution in [2.75, 3.05) is 26.2 Å². The van der Waals surface area contributed by atoms with Crippen LogP contribution in [0.3, 0.4) is 0 Å². The van der Waals surface area contributed by atoms with Gasteiger partial charge in [-0.25, -0.2) is 0 Å². The van der Waals surface area contributed by atoms with Crippen LogP contribution in [-0.4, -0.2) is 47.2 Å². The Morgan fingerprint density at radius 3 is 2.61 bits per heavy atom. The first-order valence-electron chi connectivity index (χ1n) is 6.46. The Morgan fingerprint density at radius 1 is 1.28 bits per heavy atom. The molecule has 1 N–H and O–H groups in total. The lowest BCUT2D eigenvalue weighted by molar-refractivity contribution is 0.0780. The van der Waals surface area contributed by atoms with Crippen LogP contribution in [0.4, 0.5) is 0 Å². The third-order valence-electron chi connectivity index (χ3n) is 4.01. The molecule has 2 aliphatic heterocycles. The van der Waals surface area contributed by atoms with Gasteiger partial charge in [0.2, 0.25) is 0 Å². The van der Waals surface area contributed by atoms with Crippen LogP contribution in [0, 0.1) is 25.7 Å². The fourth-order valence-electron chi connectivity index (χ4n) is 2.96. The summed E-state index contributed by atoms with van der Waals surface area (Å²) in [5.41, 5.74) is 2.22. The summed E-state index contributed by atoms with van der Waals surface area (Å²) in [7, 11) is 0. The van der Waals surface area contributed by atoms with E-state index in [4.69, 9.17) is 0 Å². The molecule has 3 heterocycles. The van der Waals surface area contributed by atoms with Gasteiger partial charge in [-0.1, -0.05) is 0 Å². The Hall–Kier alpha value is -1.49. The third kappa shape index (κ3) is 1.88. The van der Waals surface area contributed by atoms with Gasteiger partial charge in [0.1, 0.15) is 0 Å². The monoisotopic (exact) mass is 246 g/mol. The Labute approximate surface area is 107 Å². The van der Waals surface area contributed by atoms with Crippen molar-refractivity contribution in [3.8, 4) is 0 Å². The number of carbonyl (C=O) groups is 1. The molecule has 0 bridgehead atoms. The maximum atomic E-state index is 12.5. The minimum atomic E-state index is 0.111. The van der Waals surface area contributed by atoms with Gasteiger partial charge >= 0.3 is 0 Å². The molecule has 0 aromatic carbocycles. The zero-order valence-electron chi connectivity index (χ0n) is 10.8. The van der Waals surface area contributed by atoms with Crippen LogP contribution in [-0.2, 0) is 0 Å². The zero-order valence-corrected chi connectivity index (χ0v) is 10.8. The molecular weight excluding hydrogens is 228 g/mol. The highest BCUT2D eigenvalue weighted by atomic mass is 16.2. The number of aromatic nitrogens is 2. The topological polar surface area (TPSA) is 58.1 Å². The molecule has 18 heavy (non-hydrogen) atoms. The highest BCUT2D eigenvalue weighted by molar-refractivity contribution is 5.95. The average Bonchev–Trinajstić information content (AvgIpc) is 2.91. The van der Waals surface area contributed by atoms with E-state index >= 15 is 0 Å². The van der Waals surface area contributed by atoms with Crippen molar-refractivity contribution in [1.82, 2.24) is 20.4 Å². The van der Waals surface area contributed by atoms with E-state index in [9.17, 15) is 4.79 Å². The molecule has 96 valence electrons. The van der Waals surface area contributed by atoms with Gasteiger partial charge in [0.25, 0.3) is 5.91 Å². The molecule has 1 amide bonds. The lowest BCUT2D eigenvalue weighted by Crippen LogP contribution is -2.32. The van der Waals surface area contributed by atoms with Crippen molar-refractivity contribution in [3.63, 3.8) is 0 Å². The fraction of sp³-hybridized carbons (Fsp3) is 0.615. The average molecular weight is 246 g/mol. The van der Waals surface area contributed by atoms with Crippen LogP contribution in [0.1, 0.15) is 21.7 Å². The van der Waals surface area contributed by atoms with Crippen LogP contribution in [0.15, 0.2) is 6.07 Å². The van der Waals surface area contributed by atoms with Gasteiger partial charge < -0.3 is 10.2 Å². The van der Waals surface area contributed by atoms with Gasteiger partial charge in [-0.15, -0.1) is 0 Å². The smallest absolute Gasteiger partial charge is 0.255 e. The van der Waals surface area contributed by atoms with Crippen molar-refractivity contribution in [3.05, 3.63) is 23.0 Å². The maximum Gasteiger partial charge on any atom is 0.255 e. The Balaban J connectivity index is 1.81. The van der Waals surface area contributed by atoms with E-state index in [-0.39, 0.29) is 5.91 Å². The van der Waals surface area contributed by atoms with E-state index in [1.54, 1.807) is 0 Å². The summed E-state index contributed by atoms with van der Waals surface area (Å²) in [5.74, 6) is 1.37.